The van der Waals surface area contributed by atoms with Crippen LogP contribution in [0.3, 0.4) is 0 Å². The Morgan fingerprint density at radius 3 is 2.52 bits per heavy atom. The van der Waals surface area contributed by atoms with Crippen molar-refractivity contribution in [2.24, 2.45) is 0 Å². The van der Waals surface area contributed by atoms with E-state index in [1.54, 1.807) is 32.0 Å². The standard InChI is InChI=1S/C16H21NO5S/c1-5-9-23(20,21)12(4)15(18)17-14-8-6-7-13(10-14)16(19)22-11(2)3/h5-8,10-12H,1,9H2,2-4H3,(H,17,18). The van der Waals surface area contributed by atoms with Gasteiger partial charge in [0.25, 0.3) is 0 Å². The molecular weight excluding hydrogens is 318 g/mol. The maximum absolute atomic E-state index is 12.1. The molecule has 1 aromatic rings. The van der Waals surface area contributed by atoms with Gasteiger partial charge in [0.05, 0.1) is 17.4 Å². The fourth-order valence-electron chi connectivity index (χ4n) is 1.72. The third kappa shape index (κ3) is 5.52. The lowest BCUT2D eigenvalue weighted by Gasteiger charge is -2.13. The lowest BCUT2D eigenvalue weighted by molar-refractivity contribution is -0.115. The quantitative estimate of drug-likeness (QED) is 0.607. The van der Waals surface area contributed by atoms with Gasteiger partial charge in [-0.1, -0.05) is 12.1 Å². The van der Waals surface area contributed by atoms with Crippen molar-refractivity contribution in [3.8, 4) is 0 Å². The van der Waals surface area contributed by atoms with Crippen LogP contribution in [0.5, 0.6) is 0 Å². The molecule has 0 fully saturated rings. The highest BCUT2D eigenvalue weighted by Crippen LogP contribution is 2.14. The molecule has 1 rings (SSSR count). The van der Waals surface area contributed by atoms with Gasteiger partial charge >= 0.3 is 5.97 Å². The summed E-state index contributed by atoms with van der Waals surface area (Å²) in [5, 5.41) is 1.28. The van der Waals surface area contributed by atoms with Gasteiger partial charge < -0.3 is 10.1 Å². The monoisotopic (exact) mass is 339 g/mol. The van der Waals surface area contributed by atoms with Gasteiger partial charge in [-0.05, 0) is 39.0 Å². The van der Waals surface area contributed by atoms with E-state index >= 15 is 0 Å². The number of nitrogens with one attached hydrogen (secondary N) is 1. The number of ether oxygens (including phenoxy) is 1. The molecule has 0 saturated heterocycles. The van der Waals surface area contributed by atoms with Gasteiger partial charge in [0.1, 0.15) is 5.25 Å². The Bertz CT molecular complexity index is 694. The largest absolute Gasteiger partial charge is 0.459 e. The van der Waals surface area contributed by atoms with E-state index in [0.717, 1.165) is 0 Å². The smallest absolute Gasteiger partial charge is 0.338 e. The van der Waals surface area contributed by atoms with E-state index in [1.165, 1.54) is 19.1 Å². The van der Waals surface area contributed by atoms with Crippen molar-refractivity contribution in [1.29, 1.82) is 0 Å². The lowest BCUT2D eigenvalue weighted by atomic mass is 10.2. The first-order valence-electron chi connectivity index (χ1n) is 7.11. The summed E-state index contributed by atoms with van der Waals surface area (Å²) in [5.41, 5.74) is 0.604. The van der Waals surface area contributed by atoms with Crippen LogP contribution in [-0.2, 0) is 19.4 Å². The van der Waals surface area contributed by atoms with Crippen molar-refractivity contribution < 1.29 is 22.7 Å². The van der Waals surface area contributed by atoms with E-state index in [4.69, 9.17) is 4.74 Å². The summed E-state index contributed by atoms with van der Waals surface area (Å²) in [6, 6.07) is 6.14. The van der Waals surface area contributed by atoms with Gasteiger partial charge in [0.2, 0.25) is 5.91 Å². The summed E-state index contributed by atoms with van der Waals surface area (Å²) >= 11 is 0. The molecule has 0 aliphatic heterocycles. The highest BCUT2D eigenvalue weighted by atomic mass is 32.2. The first-order valence-corrected chi connectivity index (χ1v) is 8.83. The van der Waals surface area contributed by atoms with Gasteiger partial charge in [-0.3, -0.25) is 4.79 Å². The van der Waals surface area contributed by atoms with Gasteiger partial charge in [-0.25, -0.2) is 13.2 Å². The van der Waals surface area contributed by atoms with Crippen molar-refractivity contribution in [3.63, 3.8) is 0 Å². The molecular formula is C16H21NO5S. The molecule has 1 N–H and O–H groups in total. The molecule has 1 unspecified atom stereocenters. The molecule has 126 valence electrons. The number of benzene rings is 1. The number of carbonyl (C=O) groups is 2. The number of anilines is 1. The SMILES string of the molecule is C=CCS(=O)(=O)C(C)C(=O)Nc1cccc(C(=O)OC(C)C)c1. The summed E-state index contributed by atoms with van der Waals surface area (Å²) < 4.78 is 28.8. The van der Waals surface area contributed by atoms with Crippen molar-refractivity contribution in [1.82, 2.24) is 0 Å². The predicted octanol–water partition coefficient (Wildman–Crippen LogP) is 2.18. The fraction of sp³-hybridized carbons (Fsp3) is 0.375. The van der Waals surface area contributed by atoms with Crippen LogP contribution in [0.2, 0.25) is 0 Å². The molecule has 0 aromatic heterocycles. The molecule has 1 atom stereocenters. The van der Waals surface area contributed by atoms with E-state index in [0.29, 0.717) is 5.69 Å². The molecule has 0 aliphatic carbocycles. The molecule has 0 radical (unpaired) electrons. The van der Waals surface area contributed by atoms with Crippen LogP contribution >= 0.6 is 0 Å². The minimum absolute atomic E-state index is 0.259. The van der Waals surface area contributed by atoms with Crippen molar-refractivity contribution in [2.75, 3.05) is 11.1 Å². The second kappa shape index (κ2) is 7.92. The Kier molecular flexibility index (Phi) is 6.50. The predicted molar refractivity (Wildman–Crippen MR) is 89.1 cm³/mol. The Labute approximate surface area is 136 Å². The third-order valence-electron chi connectivity index (χ3n) is 2.97. The highest BCUT2D eigenvalue weighted by molar-refractivity contribution is 7.92. The zero-order valence-corrected chi connectivity index (χ0v) is 14.2. The maximum atomic E-state index is 12.1. The van der Waals surface area contributed by atoms with Gasteiger partial charge in [0.15, 0.2) is 9.84 Å². The molecule has 0 aliphatic rings. The average Bonchev–Trinajstić information content (AvgIpc) is 2.45. The van der Waals surface area contributed by atoms with Crippen LogP contribution in [-0.4, -0.2) is 37.4 Å². The molecule has 1 amide bonds. The van der Waals surface area contributed by atoms with Crippen molar-refractivity contribution in [3.05, 3.63) is 42.5 Å². The lowest BCUT2D eigenvalue weighted by Crippen LogP contribution is -2.33. The summed E-state index contributed by atoms with van der Waals surface area (Å²) in [6.45, 7) is 8.14. The van der Waals surface area contributed by atoms with Crippen molar-refractivity contribution in [2.45, 2.75) is 32.1 Å². The van der Waals surface area contributed by atoms with E-state index in [-0.39, 0.29) is 17.4 Å². The minimum atomic E-state index is -3.59. The van der Waals surface area contributed by atoms with E-state index in [2.05, 4.69) is 11.9 Å². The normalized spacial score (nSPS) is 12.5. The number of carbonyl (C=O) groups excluding carboxylic acids is 2. The summed E-state index contributed by atoms with van der Waals surface area (Å²) in [5.74, 6) is -1.45. The summed E-state index contributed by atoms with van der Waals surface area (Å²) in [4.78, 5) is 23.9. The number of sulfone groups is 1. The Morgan fingerprint density at radius 2 is 1.96 bits per heavy atom. The number of rotatable bonds is 7. The molecule has 23 heavy (non-hydrogen) atoms. The number of esters is 1. The van der Waals surface area contributed by atoms with E-state index in [1.807, 2.05) is 0 Å². The Hall–Kier alpha value is -2.15. The summed E-state index contributed by atoms with van der Waals surface area (Å²) in [6.07, 6.45) is 0.978. The Balaban J connectivity index is 2.87. The minimum Gasteiger partial charge on any atom is -0.459 e. The molecule has 1 aromatic carbocycles. The zero-order valence-electron chi connectivity index (χ0n) is 13.4. The van der Waals surface area contributed by atoms with Gasteiger partial charge in [-0.2, -0.15) is 0 Å². The second-order valence-corrected chi connectivity index (χ2v) is 7.65. The van der Waals surface area contributed by atoms with Crippen LogP contribution < -0.4 is 5.32 Å². The van der Waals surface area contributed by atoms with Crippen LogP contribution in [0.25, 0.3) is 0 Å². The van der Waals surface area contributed by atoms with Gasteiger partial charge in [0, 0.05) is 5.69 Å². The molecule has 0 heterocycles. The first-order chi connectivity index (χ1) is 10.7. The topological polar surface area (TPSA) is 89.5 Å². The van der Waals surface area contributed by atoms with Crippen LogP contribution in [0, 0.1) is 0 Å². The first kappa shape index (κ1) is 18.9. The molecule has 0 bridgehead atoms. The molecule has 0 saturated carbocycles. The summed E-state index contributed by atoms with van der Waals surface area (Å²) in [7, 11) is -3.59. The fourth-order valence-corrected chi connectivity index (χ4v) is 2.72. The number of hydrogen-bond acceptors (Lipinski definition) is 5. The maximum Gasteiger partial charge on any atom is 0.338 e. The van der Waals surface area contributed by atoms with Crippen LogP contribution in [0.1, 0.15) is 31.1 Å². The number of hydrogen-bond donors (Lipinski definition) is 1. The van der Waals surface area contributed by atoms with Crippen LogP contribution in [0.15, 0.2) is 36.9 Å². The second-order valence-electron chi connectivity index (χ2n) is 5.28. The van der Waals surface area contributed by atoms with Crippen molar-refractivity contribution >= 4 is 27.4 Å². The highest BCUT2D eigenvalue weighted by Gasteiger charge is 2.26. The average molecular weight is 339 g/mol. The third-order valence-corrected chi connectivity index (χ3v) is 4.96. The van der Waals surface area contributed by atoms with E-state index < -0.39 is 27.0 Å². The number of amides is 1. The molecule has 7 heteroatoms. The van der Waals surface area contributed by atoms with Gasteiger partial charge in [-0.15, -0.1) is 6.58 Å². The molecule has 6 nitrogen and oxygen atoms in total. The Morgan fingerprint density at radius 1 is 1.30 bits per heavy atom. The molecule has 0 spiro atoms. The zero-order chi connectivity index (χ0) is 17.6. The van der Waals surface area contributed by atoms with E-state index in [9.17, 15) is 18.0 Å². The van der Waals surface area contributed by atoms with Crippen LogP contribution in [0.4, 0.5) is 5.69 Å².